The fraction of sp³-hybridized carbons (Fsp3) is 0.250. The molecule has 0 spiro atoms. The van der Waals surface area contributed by atoms with Gasteiger partial charge in [0.25, 0.3) is 0 Å². The molecular formula is C16H17BrFNO. The first-order chi connectivity index (χ1) is 9.65. The Balaban J connectivity index is 2.24. The zero-order chi connectivity index (χ0) is 14.5. The van der Waals surface area contributed by atoms with Gasteiger partial charge in [0.15, 0.2) is 11.6 Å². The predicted molar refractivity (Wildman–Crippen MR) is 82.6 cm³/mol. The molecular weight excluding hydrogens is 321 g/mol. The Labute approximate surface area is 127 Å². The van der Waals surface area contributed by atoms with Gasteiger partial charge in [0.2, 0.25) is 0 Å². The fourth-order valence-electron chi connectivity index (χ4n) is 2.17. The largest absolute Gasteiger partial charge is 0.494 e. The third-order valence-corrected chi connectivity index (χ3v) is 4.08. The molecule has 0 fully saturated rings. The summed E-state index contributed by atoms with van der Waals surface area (Å²) in [4.78, 5) is 0. The molecule has 0 aliphatic carbocycles. The van der Waals surface area contributed by atoms with E-state index < -0.39 is 0 Å². The van der Waals surface area contributed by atoms with Crippen LogP contribution in [0.1, 0.15) is 17.2 Å². The number of halogens is 2. The van der Waals surface area contributed by atoms with Crippen LogP contribution in [0.3, 0.4) is 0 Å². The molecule has 0 saturated carbocycles. The Hall–Kier alpha value is -1.39. The maximum atomic E-state index is 13.8. The number of ether oxygens (including phenoxy) is 1. The molecule has 0 bridgehead atoms. The van der Waals surface area contributed by atoms with Crippen LogP contribution in [0.15, 0.2) is 46.9 Å². The van der Waals surface area contributed by atoms with E-state index in [4.69, 9.17) is 4.74 Å². The number of hydrogen-bond donors (Lipinski definition) is 1. The molecule has 0 amide bonds. The lowest BCUT2D eigenvalue weighted by molar-refractivity contribution is 0.385. The maximum absolute atomic E-state index is 13.8. The number of methoxy groups -OCH3 is 1. The minimum absolute atomic E-state index is 0.0501. The first kappa shape index (κ1) is 15.0. The Kier molecular flexibility index (Phi) is 5.15. The summed E-state index contributed by atoms with van der Waals surface area (Å²) < 4.78 is 19.8. The molecule has 0 aliphatic heterocycles. The lowest BCUT2D eigenvalue weighted by Crippen LogP contribution is -2.19. The third kappa shape index (κ3) is 3.38. The molecule has 1 N–H and O–H groups in total. The minimum Gasteiger partial charge on any atom is -0.494 e. The van der Waals surface area contributed by atoms with Crippen molar-refractivity contribution in [2.75, 3.05) is 14.2 Å². The van der Waals surface area contributed by atoms with Gasteiger partial charge in [0, 0.05) is 10.5 Å². The van der Waals surface area contributed by atoms with Gasteiger partial charge in [-0.05, 0) is 42.8 Å². The second-order valence-corrected chi connectivity index (χ2v) is 5.39. The molecule has 0 heterocycles. The molecule has 0 aliphatic rings. The van der Waals surface area contributed by atoms with Gasteiger partial charge in [-0.2, -0.15) is 0 Å². The highest BCUT2D eigenvalue weighted by Gasteiger charge is 2.14. The maximum Gasteiger partial charge on any atom is 0.165 e. The van der Waals surface area contributed by atoms with E-state index >= 15 is 0 Å². The highest BCUT2D eigenvalue weighted by Crippen LogP contribution is 2.26. The van der Waals surface area contributed by atoms with E-state index in [1.165, 1.54) is 18.7 Å². The van der Waals surface area contributed by atoms with E-state index in [-0.39, 0.29) is 17.6 Å². The summed E-state index contributed by atoms with van der Waals surface area (Å²) in [5, 5.41) is 3.23. The highest BCUT2D eigenvalue weighted by atomic mass is 79.9. The fourth-order valence-corrected chi connectivity index (χ4v) is 2.62. The van der Waals surface area contributed by atoms with Crippen molar-refractivity contribution in [3.8, 4) is 5.75 Å². The highest BCUT2D eigenvalue weighted by molar-refractivity contribution is 9.10. The molecule has 0 radical (unpaired) electrons. The predicted octanol–water partition coefficient (Wildman–Crippen LogP) is 4.10. The lowest BCUT2D eigenvalue weighted by Gasteiger charge is -2.18. The van der Waals surface area contributed by atoms with Crippen molar-refractivity contribution in [1.82, 2.24) is 5.32 Å². The molecule has 2 aromatic carbocycles. The van der Waals surface area contributed by atoms with Gasteiger partial charge in [0.1, 0.15) is 0 Å². The number of likely N-dealkylation sites (N-methyl/N-ethyl adjacent to an activating group) is 1. The van der Waals surface area contributed by atoms with Crippen molar-refractivity contribution in [2.45, 2.75) is 12.5 Å². The van der Waals surface area contributed by atoms with Crippen molar-refractivity contribution < 1.29 is 9.13 Å². The molecule has 20 heavy (non-hydrogen) atoms. The summed E-state index contributed by atoms with van der Waals surface area (Å²) in [5.74, 6) is -0.0677. The molecule has 0 aromatic heterocycles. The molecule has 2 rings (SSSR count). The Morgan fingerprint density at radius 2 is 2.00 bits per heavy atom. The van der Waals surface area contributed by atoms with Gasteiger partial charge in [0.05, 0.1) is 7.11 Å². The van der Waals surface area contributed by atoms with Gasteiger partial charge in [-0.25, -0.2) is 4.39 Å². The summed E-state index contributed by atoms with van der Waals surface area (Å²) in [6.07, 6.45) is 0.781. The Morgan fingerprint density at radius 3 is 2.60 bits per heavy atom. The summed E-state index contributed by atoms with van der Waals surface area (Å²) in [6.45, 7) is 0. The minimum atomic E-state index is -0.336. The van der Waals surface area contributed by atoms with Crippen LogP contribution in [0.25, 0.3) is 0 Å². The van der Waals surface area contributed by atoms with Crippen molar-refractivity contribution in [3.63, 3.8) is 0 Å². The van der Waals surface area contributed by atoms with Gasteiger partial charge >= 0.3 is 0 Å². The molecule has 106 valence electrons. The van der Waals surface area contributed by atoms with E-state index in [2.05, 4.69) is 27.3 Å². The van der Waals surface area contributed by atoms with E-state index in [0.29, 0.717) is 0 Å². The zero-order valence-electron chi connectivity index (χ0n) is 11.5. The molecule has 0 saturated heterocycles. The molecule has 1 atom stereocenters. The summed E-state index contributed by atoms with van der Waals surface area (Å²) >= 11 is 3.54. The van der Waals surface area contributed by atoms with Gasteiger partial charge in [-0.1, -0.05) is 40.2 Å². The first-order valence-corrected chi connectivity index (χ1v) is 7.19. The third-order valence-electron chi connectivity index (χ3n) is 3.31. The van der Waals surface area contributed by atoms with Crippen LogP contribution in [-0.2, 0) is 6.42 Å². The average Bonchev–Trinajstić information content (AvgIpc) is 2.46. The molecule has 2 aromatic rings. The summed E-state index contributed by atoms with van der Waals surface area (Å²) in [7, 11) is 3.35. The topological polar surface area (TPSA) is 21.3 Å². The average molecular weight is 338 g/mol. The number of hydrogen-bond acceptors (Lipinski definition) is 2. The quantitative estimate of drug-likeness (QED) is 0.886. The van der Waals surface area contributed by atoms with Crippen molar-refractivity contribution in [1.29, 1.82) is 0 Å². The number of rotatable bonds is 5. The van der Waals surface area contributed by atoms with Crippen LogP contribution in [0, 0.1) is 5.82 Å². The molecule has 1 unspecified atom stereocenters. The summed E-state index contributed by atoms with van der Waals surface area (Å²) in [6, 6.07) is 13.2. The van der Waals surface area contributed by atoms with Crippen LogP contribution in [-0.4, -0.2) is 14.2 Å². The monoisotopic (exact) mass is 337 g/mol. The number of benzene rings is 2. The first-order valence-electron chi connectivity index (χ1n) is 6.39. The molecule has 2 nitrogen and oxygen atoms in total. The second kappa shape index (κ2) is 6.86. The lowest BCUT2D eigenvalue weighted by atomic mass is 9.99. The smallest absolute Gasteiger partial charge is 0.165 e. The van der Waals surface area contributed by atoms with E-state index in [1.807, 2.05) is 31.3 Å². The normalized spacial score (nSPS) is 12.2. The van der Waals surface area contributed by atoms with Gasteiger partial charge in [-0.15, -0.1) is 0 Å². The van der Waals surface area contributed by atoms with Gasteiger partial charge < -0.3 is 10.1 Å². The second-order valence-electron chi connectivity index (χ2n) is 4.53. The van der Waals surface area contributed by atoms with Gasteiger partial charge in [-0.3, -0.25) is 0 Å². The van der Waals surface area contributed by atoms with Crippen molar-refractivity contribution in [3.05, 3.63) is 63.9 Å². The van der Waals surface area contributed by atoms with Crippen LogP contribution in [0.4, 0.5) is 4.39 Å². The Morgan fingerprint density at radius 1 is 1.25 bits per heavy atom. The zero-order valence-corrected chi connectivity index (χ0v) is 13.1. The van der Waals surface area contributed by atoms with Crippen LogP contribution in [0.5, 0.6) is 5.75 Å². The summed E-state index contributed by atoms with van der Waals surface area (Å²) in [5.41, 5.74) is 2.09. The van der Waals surface area contributed by atoms with E-state index in [1.54, 1.807) is 6.07 Å². The van der Waals surface area contributed by atoms with Crippen LogP contribution in [0.2, 0.25) is 0 Å². The van der Waals surface area contributed by atoms with Crippen molar-refractivity contribution in [2.24, 2.45) is 0 Å². The van der Waals surface area contributed by atoms with E-state index in [0.717, 1.165) is 16.5 Å². The van der Waals surface area contributed by atoms with Crippen molar-refractivity contribution >= 4 is 15.9 Å². The van der Waals surface area contributed by atoms with Crippen LogP contribution < -0.4 is 10.1 Å². The van der Waals surface area contributed by atoms with Crippen LogP contribution >= 0.6 is 15.9 Å². The SMILES string of the molecule is CNC(Cc1ccccc1Br)c1ccc(OC)c(F)c1. The molecule has 4 heteroatoms. The van der Waals surface area contributed by atoms with E-state index in [9.17, 15) is 4.39 Å². The number of nitrogens with one attached hydrogen (secondary N) is 1. The standard InChI is InChI=1S/C16H17BrFNO/c1-19-15(10-11-5-3-4-6-13(11)17)12-7-8-16(20-2)14(18)9-12/h3-9,15,19H,10H2,1-2H3. The Bertz CT molecular complexity index is 588.